The standard InChI is InChI=1S/C33H46N2O/c36-31(32-16-22-9-23(17-32)11-24(10-22)18-32)34-28-5-4-8-30(15-28)35(29-6-2-1-3-7-29)33-19-25-12-26(20-33)14-27(13-25)21-33/h4-5,8,15,22-27,29H,1-3,6-7,9-14,16-21H2,(H,34,36). The summed E-state index contributed by atoms with van der Waals surface area (Å²) < 4.78 is 0. The van der Waals surface area contributed by atoms with Crippen LogP contribution in [0.3, 0.4) is 0 Å². The lowest BCUT2D eigenvalue weighted by atomic mass is 9.49. The van der Waals surface area contributed by atoms with Crippen molar-refractivity contribution < 1.29 is 4.79 Å². The minimum absolute atomic E-state index is 0.0757. The Hall–Kier alpha value is -1.51. The predicted molar refractivity (Wildman–Crippen MR) is 146 cm³/mol. The fraction of sp³-hybridized carbons (Fsp3) is 0.788. The first-order valence-electron chi connectivity index (χ1n) is 15.8. The highest BCUT2D eigenvalue weighted by Gasteiger charge is 2.56. The third kappa shape index (κ3) is 3.61. The molecule has 194 valence electrons. The highest BCUT2D eigenvalue weighted by atomic mass is 16.2. The minimum atomic E-state index is -0.0757. The van der Waals surface area contributed by atoms with Crippen molar-refractivity contribution in [2.45, 2.75) is 121 Å². The zero-order chi connectivity index (χ0) is 23.9. The van der Waals surface area contributed by atoms with E-state index in [4.69, 9.17) is 0 Å². The Morgan fingerprint density at radius 1 is 0.722 bits per heavy atom. The summed E-state index contributed by atoms with van der Waals surface area (Å²) in [6.45, 7) is 0. The van der Waals surface area contributed by atoms with E-state index in [-0.39, 0.29) is 5.41 Å². The van der Waals surface area contributed by atoms with E-state index in [2.05, 4.69) is 34.5 Å². The van der Waals surface area contributed by atoms with E-state index >= 15 is 0 Å². The maximum atomic E-state index is 13.8. The average molecular weight is 487 g/mol. The highest BCUT2D eigenvalue weighted by Crippen LogP contribution is 2.61. The van der Waals surface area contributed by atoms with E-state index < -0.39 is 0 Å². The summed E-state index contributed by atoms with van der Waals surface area (Å²) in [6.07, 6.45) is 23.2. The summed E-state index contributed by atoms with van der Waals surface area (Å²) in [5.41, 5.74) is 2.76. The molecule has 0 unspecified atom stereocenters. The van der Waals surface area contributed by atoms with Crippen LogP contribution in [0.25, 0.3) is 0 Å². The van der Waals surface area contributed by atoms with Crippen LogP contribution in [0.4, 0.5) is 11.4 Å². The molecule has 0 radical (unpaired) electrons. The molecule has 0 spiro atoms. The lowest BCUT2D eigenvalue weighted by molar-refractivity contribution is -0.140. The molecule has 10 rings (SSSR count). The molecule has 8 bridgehead atoms. The van der Waals surface area contributed by atoms with Crippen molar-refractivity contribution in [3.8, 4) is 0 Å². The van der Waals surface area contributed by atoms with Gasteiger partial charge in [-0.3, -0.25) is 4.79 Å². The van der Waals surface area contributed by atoms with E-state index in [0.717, 1.165) is 60.5 Å². The molecule has 9 saturated carbocycles. The maximum absolute atomic E-state index is 13.8. The summed E-state index contributed by atoms with van der Waals surface area (Å²) in [7, 11) is 0. The predicted octanol–water partition coefficient (Wildman–Crippen LogP) is 7.95. The van der Waals surface area contributed by atoms with Crippen LogP contribution in [0, 0.1) is 40.9 Å². The maximum Gasteiger partial charge on any atom is 0.230 e. The molecule has 36 heavy (non-hydrogen) atoms. The van der Waals surface area contributed by atoms with E-state index in [9.17, 15) is 4.79 Å². The van der Waals surface area contributed by atoms with Crippen LogP contribution in [0.5, 0.6) is 0 Å². The number of anilines is 2. The van der Waals surface area contributed by atoms with Crippen molar-refractivity contribution >= 4 is 17.3 Å². The second kappa shape index (κ2) is 8.24. The third-order valence-corrected chi connectivity index (χ3v) is 12.4. The van der Waals surface area contributed by atoms with Crippen molar-refractivity contribution in [3.05, 3.63) is 24.3 Å². The Morgan fingerprint density at radius 2 is 1.25 bits per heavy atom. The molecule has 1 amide bonds. The zero-order valence-electron chi connectivity index (χ0n) is 22.2. The van der Waals surface area contributed by atoms with Crippen molar-refractivity contribution in [2.24, 2.45) is 40.9 Å². The second-order valence-corrected chi connectivity index (χ2v) is 15.0. The zero-order valence-corrected chi connectivity index (χ0v) is 22.2. The SMILES string of the molecule is O=C(Nc1cccc(N(C2CCCCC2)C23CC4CC(CC(C4)C2)C3)c1)C12CC3CC(CC(C3)C1)C2. The Labute approximate surface area is 218 Å². The lowest BCUT2D eigenvalue weighted by Gasteiger charge is -2.63. The van der Waals surface area contributed by atoms with Crippen molar-refractivity contribution in [1.29, 1.82) is 0 Å². The smallest absolute Gasteiger partial charge is 0.230 e. The molecule has 1 aromatic rings. The third-order valence-electron chi connectivity index (χ3n) is 12.4. The Balaban J connectivity index is 1.09. The lowest BCUT2D eigenvalue weighted by Crippen LogP contribution is -2.63. The summed E-state index contributed by atoms with van der Waals surface area (Å²) in [5.74, 6) is 5.66. The van der Waals surface area contributed by atoms with Crippen LogP contribution in [-0.2, 0) is 4.79 Å². The van der Waals surface area contributed by atoms with E-state index in [1.165, 1.54) is 95.6 Å². The molecular formula is C33H46N2O. The van der Waals surface area contributed by atoms with Crippen molar-refractivity contribution in [1.82, 2.24) is 0 Å². The van der Waals surface area contributed by atoms with Crippen LogP contribution in [0.2, 0.25) is 0 Å². The van der Waals surface area contributed by atoms with Gasteiger partial charge in [0.25, 0.3) is 0 Å². The number of amides is 1. The number of rotatable bonds is 5. The Morgan fingerprint density at radius 3 is 1.81 bits per heavy atom. The van der Waals surface area contributed by atoms with E-state index in [1.807, 2.05) is 0 Å². The fourth-order valence-corrected chi connectivity index (χ4v) is 12.0. The molecule has 0 aliphatic heterocycles. The van der Waals surface area contributed by atoms with Gasteiger partial charge in [0, 0.05) is 23.0 Å². The normalized spacial score (nSPS) is 44.7. The summed E-state index contributed by atoms with van der Waals surface area (Å²) >= 11 is 0. The monoisotopic (exact) mass is 486 g/mol. The molecule has 0 aromatic heterocycles. The molecule has 0 heterocycles. The first kappa shape index (κ1) is 22.5. The van der Waals surface area contributed by atoms with Crippen LogP contribution in [0.1, 0.15) is 109 Å². The number of hydrogen-bond acceptors (Lipinski definition) is 2. The van der Waals surface area contributed by atoms with Gasteiger partial charge in [0.2, 0.25) is 5.91 Å². The van der Waals surface area contributed by atoms with Gasteiger partial charge in [0.1, 0.15) is 0 Å². The first-order chi connectivity index (χ1) is 17.6. The molecule has 9 aliphatic rings. The fourth-order valence-electron chi connectivity index (χ4n) is 12.0. The number of carbonyl (C=O) groups excluding carboxylic acids is 1. The Bertz CT molecular complexity index is 952. The number of nitrogens with one attached hydrogen (secondary N) is 1. The van der Waals surface area contributed by atoms with Gasteiger partial charge in [-0.25, -0.2) is 0 Å². The first-order valence-corrected chi connectivity index (χ1v) is 15.8. The molecule has 9 aliphatic carbocycles. The van der Waals surface area contributed by atoms with Crippen molar-refractivity contribution in [2.75, 3.05) is 10.2 Å². The summed E-state index contributed by atoms with van der Waals surface area (Å²) in [5, 5.41) is 3.51. The molecule has 9 fully saturated rings. The van der Waals surface area contributed by atoms with Gasteiger partial charge in [-0.15, -0.1) is 0 Å². The summed E-state index contributed by atoms with van der Waals surface area (Å²) in [4.78, 5) is 16.8. The molecule has 1 aromatic carbocycles. The Kier molecular flexibility index (Phi) is 5.15. The molecular weight excluding hydrogens is 440 g/mol. The number of carbonyl (C=O) groups is 1. The molecule has 0 saturated heterocycles. The van der Waals surface area contributed by atoms with Gasteiger partial charge < -0.3 is 10.2 Å². The number of nitrogens with zero attached hydrogens (tertiary/aromatic N) is 1. The van der Waals surface area contributed by atoms with Crippen LogP contribution in [-0.4, -0.2) is 17.5 Å². The number of benzene rings is 1. The van der Waals surface area contributed by atoms with Crippen molar-refractivity contribution in [3.63, 3.8) is 0 Å². The highest BCUT2D eigenvalue weighted by molar-refractivity contribution is 5.96. The molecule has 3 nitrogen and oxygen atoms in total. The van der Waals surface area contributed by atoms with Gasteiger partial charge in [-0.1, -0.05) is 25.3 Å². The van der Waals surface area contributed by atoms with Gasteiger partial charge >= 0.3 is 0 Å². The van der Waals surface area contributed by atoms with Crippen LogP contribution < -0.4 is 10.2 Å². The topological polar surface area (TPSA) is 32.3 Å². The number of hydrogen-bond donors (Lipinski definition) is 1. The average Bonchev–Trinajstić information content (AvgIpc) is 2.83. The summed E-state index contributed by atoms with van der Waals surface area (Å²) in [6, 6.07) is 9.85. The molecule has 0 atom stereocenters. The largest absolute Gasteiger partial charge is 0.363 e. The van der Waals surface area contributed by atoms with Gasteiger partial charge in [-0.05, 0) is 144 Å². The van der Waals surface area contributed by atoms with Crippen LogP contribution in [0.15, 0.2) is 24.3 Å². The van der Waals surface area contributed by atoms with Gasteiger partial charge in [0.15, 0.2) is 0 Å². The quantitative estimate of drug-likeness (QED) is 0.458. The minimum Gasteiger partial charge on any atom is -0.363 e. The van der Waals surface area contributed by atoms with E-state index in [1.54, 1.807) is 0 Å². The van der Waals surface area contributed by atoms with Gasteiger partial charge in [-0.2, -0.15) is 0 Å². The second-order valence-electron chi connectivity index (χ2n) is 15.0. The van der Waals surface area contributed by atoms with E-state index in [0.29, 0.717) is 17.5 Å². The van der Waals surface area contributed by atoms with Crippen LogP contribution >= 0.6 is 0 Å². The van der Waals surface area contributed by atoms with Gasteiger partial charge in [0.05, 0.1) is 5.41 Å². The molecule has 1 N–H and O–H groups in total. The molecule has 3 heteroatoms.